The molecule has 1 saturated heterocycles. The molecule has 0 aromatic heterocycles. The normalized spacial score (nSPS) is 22.8. The first-order valence-corrected chi connectivity index (χ1v) is 5.88. The van der Waals surface area contributed by atoms with Gasteiger partial charge in [-0.15, -0.1) is 0 Å². The molecule has 5 heteroatoms. The molecule has 5 nitrogen and oxygen atoms in total. The van der Waals surface area contributed by atoms with E-state index < -0.39 is 0 Å². The van der Waals surface area contributed by atoms with E-state index in [2.05, 4.69) is 0 Å². The van der Waals surface area contributed by atoms with Crippen LogP contribution >= 0.6 is 0 Å². The van der Waals surface area contributed by atoms with Crippen LogP contribution < -0.4 is 15.4 Å². The summed E-state index contributed by atoms with van der Waals surface area (Å²) < 4.78 is 10.3. The van der Waals surface area contributed by atoms with Crippen LogP contribution in [0.4, 0.5) is 5.69 Å². The highest BCUT2D eigenvalue weighted by atomic mass is 16.5. The van der Waals surface area contributed by atoms with E-state index in [1.165, 1.54) is 0 Å². The molecule has 1 amide bonds. The minimum atomic E-state index is -0.253. The maximum Gasteiger partial charge on any atom is 0.233 e. The number of rotatable bonds is 3. The van der Waals surface area contributed by atoms with E-state index in [1.807, 2.05) is 24.3 Å². The number of hydrogen-bond donors (Lipinski definition) is 1. The van der Waals surface area contributed by atoms with E-state index in [4.69, 9.17) is 15.2 Å². The van der Waals surface area contributed by atoms with Crippen molar-refractivity contribution in [3.05, 3.63) is 24.3 Å². The number of nitrogens with two attached hydrogens (primary N) is 1. The lowest BCUT2D eigenvalue weighted by Gasteiger charge is -2.22. The van der Waals surface area contributed by atoms with Crippen LogP contribution in [0.3, 0.4) is 0 Å². The number of carbonyl (C=O) groups is 1. The molecule has 1 aromatic carbocycles. The van der Waals surface area contributed by atoms with E-state index in [1.54, 1.807) is 19.1 Å². The fourth-order valence-electron chi connectivity index (χ4n) is 2.01. The molecule has 2 atom stereocenters. The van der Waals surface area contributed by atoms with Gasteiger partial charge in [0.2, 0.25) is 5.91 Å². The van der Waals surface area contributed by atoms with Crippen LogP contribution in [0.1, 0.15) is 0 Å². The fraction of sp³-hybridized carbons (Fsp3) is 0.462. The average molecular weight is 250 g/mol. The Morgan fingerprint density at radius 3 is 2.56 bits per heavy atom. The predicted molar refractivity (Wildman–Crippen MR) is 68.7 cm³/mol. The van der Waals surface area contributed by atoms with Gasteiger partial charge in [-0.1, -0.05) is 0 Å². The largest absolute Gasteiger partial charge is 0.497 e. The molecule has 2 rings (SSSR count). The summed E-state index contributed by atoms with van der Waals surface area (Å²) in [5.74, 6) is 0.503. The second-order valence-electron chi connectivity index (χ2n) is 4.40. The van der Waals surface area contributed by atoms with Gasteiger partial charge in [0, 0.05) is 18.8 Å². The fourth-order valence-corrected chi connectivity index (χ4v) is 2.01. The average Bonchev–Trinajstić information content (AvgIpc) is 2.83. The first-order chi connectivity index (χ1) is 8.63. The summed E-state index contributed by atoms with van der Waals surface area (Å²) in [6.07, 6.45) is 0. The minimum Gasteiger partial charge on any atom is -0.497 e. The summed E-state index contributed by atoms with van der Waals surface area (Å²) in [5, 5.41) is 0. The Balaban J connectivity index is 2.09. The summed E-state index contributed by atoms with van der Waals surface area (Å²) in [4.78, 5) is 13.9. The quantitative estimate of drug-likeness (QED) is 0.854. The van der Waals surface area contributed by atoms with Crippen molar-refractivity contribution in [1.82, 2.24) is 0 Å². The summed E-state index contributed by atoms with van der Waals surface area (Å²) in [6, 6.07) is 7.13. The number of nitrogens with zero attached hydrogens (tertiary/aromatic N) is 1. The first-order valence-electron chi connectivity index (χ1n) is 5.88. The number of benzene rings is 1. The zero-order chi connectivity index (χ0) is 13.1. The van der Waals surface area contributed by atoms with Crippen molar-refractivity contribution < 1.29 is 14.3 Å². The van der Waals surface area contributed by atoms with Crippen LogP contribution in [0.5, 0.6) is 5.75 Å². The van der Waals surface area contributed by atoms with Gasteiger partial charge in [0.05, 0.1) is 26.2 Å². The van der Waals surface area contributed by atoms with Gasteiger partial charge in [0.25, 0.3) is 0 Å². The molecule has 0 saturated carbocycles. The smallest absolute Gasteiger partial charge is 0.233 e. The second-order valence-corrected chi connectivity index (χ2v) is 4.40. The Labute approximate surface area is 106 Å². The summed E-state index contributed by atoms with van der Waals surface area (Å²) >= 11 is 0. The zero-order valence-corrected chi connectivity index (χ0v) is 10.6. The lowest BCUT2D eigenvalue weighted by atomic mass is 10.0. The molecule has 1 heterocycles. The Hall–Kier alpha value is -1.59. The van der Waals surface area contributed by atoms with Gasteiger partial charge in [-0.3, -0.25) is 4.79 Å². The first kappa shape index (κ1) is 12.9. The molecular weight excluding hydrogens is 232 g/mol. The van der Waals surface area contributed by atoms with Gasteiger partial charge in [0.15, 0.2) is 0 Å². The van der Waals surface area contributed by atoms with E-state index in [-0.39, 0.29) is 17.9 Å². The lowest BCUT2D eigenvalue weighted by Crippen LogP contribution is -2.42. The summed E-state index contributed by atoms with van der Waals surface area (Å²) in [7, 11) is 3.36. The minimum absolute atomic E-state index is 0.00910. The van der Waals surface area contributed by atoms with E-state index in [9.17, 15) is 4.79 Å². The van der Waals surface area contributed by atoms with Gasteiger partial charge in [-0.05, 0) is 24.3 Å². The SMILES string of the molecule is COc1ccc(N(C)C(=O)C2COCC2N)cc1. The van der Waals surface area contributed by atoms with Crippen LogP contribution in [-0.2, 0) is 9.53 Å². The number of ether oxygens (including phenoxy) is 2. The van der Waals surface area contributed by atoms with Crippen LogP contribution in [0.2, 0.25) is 0 Å². The predicted octanol–water partition coefficient (Wildman–Crippen LogP) is 0.632. The van der Waals surface area contributed by atoms with Crippen molar-refractivity contribution in [1.29, 1.82) is 0 Å². The van der Waals surface area contributed by atoms with E-state index in [0.717, 1.165) is 11.4 Å². The standard InChI is InChI=1S/C13H18N2O3/c1-15(9-3-5-10(17-2)6-4-9)13(16)11-7-18-8-12(11)14/h3-6,11-12H,7-8,14H2,1-2H3. The van der Waals surface area contributed by atoms with Crippen molar-refractivity contribution in [2.45, 2.75) is 6.04 Å². The highest BCUT2D eigenvalue weighted by molar-refractivity contribution is 5.95. The van der Waals surface area contributed by atoms with Crippen molar-refractivity contribution in [3.63, 3.8) is 0 Å². The molecule has 0 radical (unpaired) electrons. The van der Waals surface area contributed by atoms with Crippen LogP contribution in [0.15, 0.2) is 24.3 Å². The molecule has 0 bridgehead atoms. The molecule has 98 valence electrons. The van der Waals surface area contributed by atoms with Gasteiger partial charge >= 0.3 is 0 Å². The molecule has 2 N–H and O–H groups in total. The van der Waals surface area contributed by atoms with Crippen molar-refractivity contribution in [2.75, 3.05) is 32.3 Å². The molecule has 1 aromatic rings. The summed E-state index contributed by atoms with van der Waals surface area (Å²) in [6.45, 7) is 0.855. The van der Waals surface area contributed by atoms with Gasteiger partial charge < -0.3 is 20.1 Å². The number of amides is 1. The zero-order valence-electron chi connectivity index (χ0n) is 10.6. The molecule has 1 aliphatic heterocycles. The molecule has 0 spiro atoms. The molecule has 0 aliphatic carbocycles. The molecule has 18 heavy (non-hydrogen) atoms. The molecular formula is C13H18N2O3. The summed E-state index contributed by atoms with van der Waals surface area (Å²) in [5.41, 5.74) is 6.67. The highest BCUT2D eigenvalue weighted by Gasteiger charge is 2.33. The number of hydrogen-bond acceptors (Lipinski definition) is 4. The number of anilines is 1. The van der Waals surface area contributed by atoms with Crippen molar-refractivity contribution in [3.8, 4) is 5.75 Å². The Bertz CT molecular complexity index is 419. The molecule has 1 aliphatic rings. The Morgan fingerprint density at radius 1 is 1.39 bits per heavy atom. The lowest BCUT2D eigenvalue weighted by molar-refractivity contribution is -0.122. The van der Waals surface area contributed by atoms with Crippen molar-refractivity contribution in [2.24, 2.45) is 11.7 Å². The number of carbonyl (C=O) groups excluding carboxylic acids is 1. The van der Waals surface area contributed by atoms with Crippen LogP contribution in [0.25, 0.3) is 0 Å². The van der Waals surface area contributed by atoms with Gasteiger partial charge in [-0.2, -0.15) is 0 Å². The van der Waals surface area contributed by atoms with Crippen molar-refractivity contribution >= 4 is 11.6 Å². The maximum atomic E-state index is 12.2. The Kier molecular flexibility index (Phi) is 3.84. The van der Waals surface area contributed by atoms with E-state index in [0.29, 0.717) is 13.2 Å². The van der Waals surface area contributed by atoms with Crippen LogP contribution in [0, 0.1) is 5.92 Å². The van der Waals surface area contributed by atoms with E-state index >= 15 is 0 Å². The molecule has 1 fully saturated rings. The van der Waals surface area contributed by atoms with Crippen LogP contribution in [-0.4, -0.2) is 39.3 Å². The third-order valence-electron chi connectivity index (χ3n) is 3.23. The molecule has 2 unspecified atom stereocenters. The third-order valence-corrected chi connectivity index (χ3v) is 3.23. The third kappa shape index (κ3) is 2.47. The topological polar surface area (TPSA) is 64.8 Å². The Morgan fingerprint density at radius 2 is 2.06 bits per heavy atom. The van der Waals surface area contributed by atoms with Gasteiger partial charge in [0.1, 0.15) is 5.75 Å². The second kappa shape index (κ2) is 5.37. The number of methoxy groups -OCH3 is 1. The highest BCUT2D eigenvalue weighted by Crippen LogP contribution is 2.22. The monoisotopic (exact) mass is 250 g/mol. The van der Waals surface area contributed by atoms with Gasteiger partial charge in [-0.25, -0.2) is 0 Å². The maximum absolute atomic E-state index is 12.2.